The van der Waals surface area contributed by atoms with Crippen molar-refractivity contribution >= 4 is 17.6 Å². The Morgan fingerprint density at radius 2 is 2.15 bits per heavy atom. The van der Waals surface area contributed by atoms with Gasteiger partial charge in [-0.1, -0.05) is 11.6 Å². The number of rotatable bonds is 1. The molecule has 1 heterocycles. The topological polar surface area (TPSA) is 70.3 Å². The van der Waals surface area contributed by atoms with Crippen molar-refractivity contribution in [3.63, 3.8) is 0 Å². The third kappa shape index (κ3) is 2.51. The van der Waals surface area contributed by atoms with Crippen LogP contribution in [0, 0.1) is 17.2 Å². The zero-order valence-electron chi connectivity index (χ0n) is 9.74. The number of carbonyl (C=O) groups is 1. The molecular formula is C12H7ClF3NO3. The lowest BCUT2D eigenvalue weighted by molar-refractivity contribution is -0.217. The fraction of sp³-hybridized carbons (Fsp3) is 0.333. The van der Waals surface area contributed by atoms with Crippen LogP contribution in [0.5, 0.6) is 5.75 Å². The zero-order valence-corrected chi connectivity index (χ0v) is 10.5. The van der Waals surface area contributed by atoms with Crippen LogP contribution in [0.4, 0.5) is 13.2 Å². The number of benzene rings is 1. The Labute approximate surface area is 116 Å². The fourth-order valence-corrected chi connectivity index (χ4v) is 2.33. The molecule has 0 aromatic heterocycles. The number of nitriles is 1. The molecule has 0 amide bonds. The van der Waals surface area contributed by atoms with E-state index in [9.17, 15) is 18.0 Å². The van der Waals surface area contributed by atoms with Crippen molar-refractivity contribution in [2.24, 2.45) is 5.92 Å². The average Bonchev–Trinajstić information content (AvgIpc) is 2.34. The highest BCUT2D eigenvalue weighted by Gasteiger charge is 2.52. The van der Waals surface area contributed by atoms with Gasteiger partial charge in [-0.3, -0.25) is 4.79 Å². The molecule has 0 fully saturated rings. The Kier molecular flexibility index (Phi) is 3.52. The van der Waals surface area contributed by atoms with Gasteiger partial charge in [-0.05, 0) is 24.1 Å². The molecule has 0 radical (unpaired) electrons. The number of carboxylic acids is 1. The van der Waals surface area contributed by atoms with Crippen LogP contribution in [0.2, 0.25) is 5.02 Å². The van der Waals surface area contributed by atoms with E-state index in [0.29, 0.717) is 0 Å². The van der Waals surface area contributed by atoms with Crippen LogP contribution < -0.4 is 4.74 Å². The Hall–Kier alpha value is -1.94. The second-order valence-corrected chi connectivity index (χ2v) is 4.72. The number of nitrogens with zero attached hydrogens (tertiary/aromatic N) is 1. The highest BCUT2D eigenvalue weighted by atomic mass is 35.5. The number of carboxylic acid groups (broad SMARTS) is 1. The van der Waals surface area contributed by atoms with E-state index in [4.69, 9.17) is 26.7 Å². The third-order valence-corrected chi connectivity index (χ3v) is 3.16. The molecule has 1 N–H and O–H groups in total. The fourth-order valence-electron chi connectivity index (χ4n) is 2.09. The van der Waals surface area contributed by atoms with Gasteiger partial charge < -0.3 is 9.84 Å². The molecule has 1 aromatic carbocycles. The monoisotopic (exact) mass is 305 g/mol. The lowest BCUT2D eigenvalue weighted by atomic mass is 9.89. The van der Waals surface area contributed by atoms with Crippen LogP contribution in [0.15, 0.2) is 12.1 Å². The van der Waals surface area contributed by atoms with Crippen molar-refractivity contribution in [2.45, 2.75) is 18.7 Å². The van der Waals surface area contributed by atoms with E-state index in [0.717, 1.165) is 0 Å². The van der Waals surface area contributed by atoms with Crippen LogP contribution in [0.1, 0.15) is 11.1 Å². The summed E-state index contributed by atoms with van der Waals surface area (Å²) in [7, 11) is 0. The number of fused-ring (bicyclic) bond motifs is 1. The molecule has 2 atom stereocenters. The van der Waals surface area contributed by atoms with Crippen LogP contribution in [0.25, 0.3) is 0 Å². The predicted molar refractivity (Wildman–Crippen MR) is 61.5 cm³/mol. The maximum absolute atomic E-state index is 12.9. The quantitative estimate of drug-likeness (QED) is 0.866. The molecule has 0 saturated carbocycles. The van der Waals surface area contributed by atoms with Gasteiger partial charge in [0.1, 0.15) is 17.7 Å². The van der Waals surface area contributed by atoms with Crippen LogP contribution in [-0.4, -0.2) is 23.4 Å². The summed E-state index contributed by atoms with van der Waals surface area (Å²) in [5.41, 5.74) is 0.0348. The Balaban J connectivity index is 2.54. The van der Waals surface area contributed by atoms with Crippen LogP contribution in [0.3, 0.4) is 0 Å². The summed E-state index contributed by atoms with van der Waals surface area (Å²) in [6.07, 6.45) is -7.72. The SMILES string of the molecule is N#Cc1cc(Cl)cc2c1OC(C(F)(F)F)C(C(=O)O)C2. The molecule has 1 aromatic rings. The molecule has 0 spiro atoms. The van der Waals surface area contributed by atoms with Crippen molar-refractivity contribution in [3.8, 4) is 11.8 Å². The molecule has 0 bridgehead atoms. The summed E-state index contributed by atoms with van der Waals surface area (Å²) < 4.78 is 43.4. The minimum atomic E-state index is -4.84. The van der Waals surface area contributed by atoms with Gasteiger partial charge in [-0.15, -0.1) is 0 Å². The highest BCUT2D eigenvalue weighted by Crippen LogP contribution is 2.41. The molecule has 2 rings (SSSR count). The third-order valence-electron chi connectivity index (χ3n) is 2.94. The summed E-state index contributed by atoms with van der Waals surface area (Å²) in [5.74, 6) is -3.64. The number of aliphatic carboxylic acids is 1. The Morgan fingerprint density at radius 3 is 2.65 bits per heavy atom. The maximum Gasteiger partial charge on any atom is 0.426 e. The predicted octanol–water partition coefficient (Wildman–Crippen LogP) is 2.78. The second kappa shape index (κ2) is 4.87. The highest BCUT2D eigenvalue weighted by molar-refractivity contribution is 6.30. The minimum Gasteiger partial charge on any atom is -0.481 e. The van der Waals surface area contributed by atoms with Crippen molar-refractivity contribution < 1.29 is 27.8 Å². The maximum atomic E-state index is 12.9. The van der Waals surface area contributed by atoms with E-state index in [2.05, 4.69) is 0 Å². The van der Waals surface area contributed by atoms with Crippen molar-refractivity contribution in [3.05, 3.63) is 28.3 Å². The van der Waals surface area contributed by atoms with E-state index < -0.39 is 30.6 Å². The minimum absolute atomic E-state index is 0.137. The molecule has 106 valence electrons. The van der Waals surface area contributed by atoms with E-state index >= 15 is 0 Å². The number of hydrogen-bond donors (Lipinski definition) is 1. The first-order chi connectivity index (χ1) is 9.24. The normalized spacial score (nSPS) is 21.6. The van der Waals surface area contributed by atoms with E-state index in [-0.39, 0.29) is 21.9 Å². The number of alkyl halides is 3. The molecule has 8 heteroatoms. The summed E-state index contributed by atoms with van der Waals surface area (Å²) in [6, 6.07) is 4.17. The summed E-state index contributed by atoms with van der Waals surface area (Å²) in [5, 5.41) is 17.9. The largest absolute Gasteiger partial charge is 0.481 e. The average molecular weight is 306 g/mol. The number of ether oxygens (including phenoxy) is 1. The summed E-state index contributed by atoms with van der Waals surface area (Å²) >= 11 is 5.74. The molecule has 1 aliphatic rings. The Bertz CT molecular complexity index is 609. The molecule has 0 aliphatic carbocycles. The molecule has 2 unspecified atom stereocenters. The van der Waals surface area contributed by atoms with Gasteiger partial charge in [0, 0.05) is 5.02 Å². The first kappa shape index (κ1) is 14.5. The van der Waals surface area contributed by atoms with Gasteiger partial charge >= 0.3 is 12.1 Å². The lowest BCUT2D eigenvalue weighted by Crippen LogP contribution is -2.47. The summed E-state index contributed by atoms with van der Waals surface area (Å²) in [6.45, 7) is 0. The van der Waals surface area contributed by atoms with Crippen molar-refractivity contribution in [2.75, 3.05) is 0 Å². The van der Waals surface area contributed by atoms with E-state index in [1.807, 2.05) is 0 Å². The van der Waals surface area contributed by atoms with Crippen molar-refractivity contribution in [1.29, 1.82) is 5.26 Å². The van der Waals surface area contributed by atoms with Crippen LogP contribution in [-0.2, 0) is 11.2 Å². The first-order valence-corrected chi connectivity index (χ1v) is 5.80. The van der Waals surface area contributed by atoms with Gasteiger partial charge in [-0.2, -0.15) is 18.4 Å². The standard InChI is InChI=1S/C12H7ClF3NO3/c13-7-1-5-3-8(11(18)19)10(12(14,15)16)20-9(5)6(2-7)4-17/h1-2,8,10H,3H2,(H,18,19). The van der Waals surface area contributed by atoms with Gasteiger partial charge in [0.05, 0.1) is 5.56 Å². The van der Waals surface area contributed by atoms with E-state index in [1.54, 1.807) is 6.07 Å². The summed E-state index contributed by atoms with van der Waals surface area (Å²) in [4.78, 5) is 11.0. The number of halogens is 4. The molecule has 0 saturated heterocycles. The van der Waals surface area contributed by atoms with Gasteiger partial charge in [0.25, 0.3) is 0 Å². The zero-order chi connectivity index (χ0) is 15.1. The van der Waals surface area contributed by atoms with Crippen LogP contribution >= 0.6 is 11.6 Å². The molecular weight excluding hydrogens is 299 g/mol. The van der Waals surface area contributed by atoms with Crippen molar-refractivity contribution in [1.82, 2.24) is 0 Å². The van der Waals surface area contributed by atoms with Gasteiger partial charge in [0.15, 0.2) is 0 Å². The molecule has 20 heavy (non-hydrogen) atoms. The Morgan fingerprint density at radius 1 is 1.50 bits per heavy atom. The van der Waals surface area contributed by atoms with E-state index in [1.165, 1.54) is 12.1 Å². The smallest absolute Gasteiger partial charge is 0.426 e. The number of hydrogen-bond acceptors (Lipinski definition) is 3. The second-order valence-electron chi connectivity index (χ2n) is 4.28. The molecule has 4 nitrogen and oxygen atoms in total. The first-order valence-electron chi connectivity index (χ1n) is 5.42. The van der Waals surface area contributed by atoms with Gasteiger partial charge in [-0.25, -0.2) is 0 Å². The lowest BCUT2D eigenvalue weighted by Gasteiger charge is -2.32. The van der Waals surface area contributed by atoms with Gasteiger partial charge in [0.2, 0.25) is 6.10 Å². The molecule has 1 aliphatic heterocycles.